The van der Waals surface area contributed by atoms with Crippen LogP contribution in [0.2, 0.25) is 0 Å². The third-order valence-electron chi connectivity index (χ3n) is 4.68. The molecule has 0 atom stereocenters. The van der Waals surface area contributed by atoms with Gasteiger partial charge in [0, 0.05) is 36.8 Å². The van der Waals surface area contributed by atoms with Crippen LogP contribution in [0.1, 0.15) is 28.8 Å². The second kappa shape index (κ2) is 9.48. The number of aryl methyl sites for hydroxylation is 2. The summed E-state index contributed by atoms with van der Waals surface area (Å²) in [4.78, 5) is 24.0. The summed E-state index contributed by atoms with van der Waals surface area (Å²) in [6, 6.07) is 3.76. The number of ether oxygens (including phenoxy) is 2. The zero-order valence-corrected chi connectivity index (χ0v) is 15.7. The Kier molecular flexibility index (Phi) is 6.78. The summed E-state index contributed by atoms with van der Waals surface area (Å²) < 4.78 is 12.7. The standard InChI is InChI=1S/C20H25N3O5/c21-4-2-7-27-9-10-28-8-5-22-15-11-14-3-1-6-23-13-17(20(25)26)19(24)16(12-15)18(14)23/h4,11-13,21-22H,1-3,5-10H2,(H,25,26). The van der Waals surface area contributed by atoms with Gasteiger partial charge in [-0.15, -0.1) is 0 Å². The summed E-state index contributed by atoms with van der Waals surface area (Å²) in [5.41, 5.74) is 2.06. The van der Waals surface area contributed by atoms with Crippen LogP contribution in [0.4, 0.5) is 5.69 Å². The molecule has 2 heterocycles. The minimum Gasteiger partial charge on any atom is -0.477 e. The van der Waals surface area contributed by atoms with Gasteiger partial charge in [0.2, 0.25) is 5.43 Å². The number of rotatable bonds is 11. The van der Waals surface area contributed by atoms with Crippen molar-refractivity contribution < 1.29 is 19.4 Å². The maximum absolute atomic E-state index is 12.6. The molecule has 0 fully saturated rings. The first kappa shape index (κ1) is 20.0. The van der Waals surface area contributed by atoms with Crippen molar-refractivity contribution >= 4 is 28.8 Å². The van der Waals surface area contributed by atoms with Crippen LogP contribution in [0.25, 0.3) is 10.9 Å². The van der Waals surface area contributed by atoms with E-state index in [1.54, 1.807) is 6.07 Å². The quantitative estimate of drug-likeness (QED) is 0.402. The first-order valence-electron chi connectivity index (χ1n) is 9.43. The average Bonchev–Trinajstić information content (AvgIpc) is 2.69. The molecule has 1 aliphatic rings. The lowest BCUT2D eigenvalue weighted by Crippen LogP contribution is -2.22. The third-order valence-corrected chi connectivity index (χ3v) is 4.68. The lowest BCUT2D eigenvalue weighted by Gasteiger charge is -2.21. The van der Waals surface area contributed by atoms with Crippen molar-refractivity contribution in [2.45, 2.75) is 25.8 Å². The molecule has 0 saturated heterocycles. The maximum Gasteiger partial charge on any atom is 0.341 e. The number of aromatic carboxylic acids is 1. The molecular weight excluding hydrogens is 362 g/mol. The molecule has 150 valence electrons. The van der Waals surface area contributed by atoms with Crippen molar-refractivity contribution in [2.75, 3.05) is 38.3 Å². The number of carboxylic acids is 1. The Balaban J connectivity index is 1.65. The largest absolute Gasteiger partial charge is 0.477 e. The molecular formula is C20H25N3O5. The zero-order chi connectivity index (χ0) is 19.9. The highest BCUT2D eigenvalue weighted by atomic mass is 16.5. The summed E-state index contributed by atoms with van der Waals surface area (Å²) in [5, 5.41) is 19.9. The Labute approximate surface area is 162 Å². The molecule has 8 nitrogen and oxygen atoms in total. The molecule has 0 aliphatic carbocycles. The van der Waals surface area contributed by atoms with Crippen LogP contribution in [0.15, 0.2) is 23.1 Å². The molecule has 1 aliphatic heterocycles. The van der Waals surface area contributed by atoms with Gasteiger partial charge in [-0.1, -0.05) is 0 Å². The van der Waals surface area contributed by atoms with Crippen molar-refractivity contribution in [3.05, 3.63) is 39.7 Å². The SMILES string of the molecule is N=CCCOCCOCCNc1cc2c3c(c1)c(=O)c(C(=O)O)cn3CCC2. The highest BCUT2D eigenvalue weighted by Crippen LogP contribution is 2.27. The minimum absolute atomic E-state index is 0.191. The van der Waals surface area contributed by atoms with Gasteiger partial charge in [0.15, 0.2) is 0 Å². The van der Waals surface area contributed by atoms with Gasteiger partial charge in [-0.2, -0.15) is 0 Å². The average molecular weight is 387 g/mol. The number of benzene rings is 1. The van der Waals surface area contributed by atoms with Crippen LogP contribution in [-0.2, 0) is 22.4 Å². The summed E-state index contributed by atoms with van der Waals surface area (Å²) in [5.74, 6) is -1.20. The Morgan fingerprint density at radius 2 is 2.04 bits per heavy atom. The Hall–Kier alpha value is -2.71. The van der Waals surface area contributed by atoms with Crippen molar-refractivity contribution in [1.82, 2.24) is 4.57 Å². The van der Waals surface area contributed by atoms with E-state index in [1.807, 2.05) is 10.6 Å². The van der Waals surface area contributed by atoms with Gasteiger partial charge in [0.05, 0.1) is 31.9 Å². The van der Waals surface area contributed by atoms with Crippen LogP contribution in [0.5, 0.6) is 0 Å². The molecule has 0 amide bonds. The Morgan fingerprint density at radius 3 is 2.79 bits per heavy atom. The maximum atomic E-state index is 12.6. The minimum atomic E-state index is -1.20. The van der Waals surface area contributed by atoms with Gasteiger partial charge >= 0.3 is 5.97 Å². The molecule has 2 aromatic rings. The first-order valence-corrected chi connectivity index (χ1v) is 9.43. The summed E-state index contributed by atoms with van der Waals surface area (Å²) >= 11 is 0. The summed E-state index contributed by atoms with van der Waals surface area (Å²) in [6.07, 6.45) is 5.16. The van der Waals surface area contributed by atoms with Crippen molar-refractivity contribution in [1.29, 1.82) is 5.41 Å². The molecule has 28 heavy (non-hydrogen) atoms. The van der Waals surface area contributed by atoms with Crippen LogP contribution in [0, 0.1) is 5.41 Å². The molecule has 0 unspecified atom stereocenters. The molecule has 1 aromatic carbocycles. The van der Waals surface area contributed by atoms with E-state index in [0.29, 0.717) is 51.3 Å². The van der Waals surface area contributed by atoms with Gasteiger partial charge in [0.25, 0.3) is 0 Å². The number of hydrogen-bond donors (Lipinski definition) is 3. The lowest BCUT2D eigenvalue weighted by atomic mass is 9.98. The number of nitrogens with zero attached hydrogens (tertiary/aromatic N) is 1. The Morgan fingerprint density at radius 1 is 1.25 bits per heavy atom. The van der Waals surface area contributed by atoms with Crippen molar-refractivity contribution in [3.63, 3.8) is 0 Å². The van der Waals surface area contributed by atoms with Gasteiger partial charge < -0.3 is 29.9 Å². The predicted octanol–water partition coefficient (Wildman–Crippen LogP) is 2.13. The molecule has 8 heteroatoms. The third kappa shape index (κ3) is 4.58. The fraction of sp³-hybridized carbons (Fsp3) is 0.450. The number of pyridine rings is 1. The molecule has 0 radical (unpaired) electrons. The summed E-state index contributed by atoms with van der Waals surface area (Å²) in [7, 11) is 0. The van der Waals surface area contributed by atoms with Crippen LogP contribution in [0.3, 0.4) is 0 Å². The molecule has 3 rings (SSSR count). The number of anilines is 1. The Bertz CT molecular complexity index is 922. The van der Waals surface area contributed by atoms with E-state index < -0.39 is 11.4 Å². The number of aromatic nitrogens is 1. The van der Waals surface area contributed by atoms with E-state index in [4.69, 9.17) is 14.9 Å². The molecule has 1 aromatic heterocycles. The molecule has 0 bridgehead atoms. The van der Waals surface area contributed by atoms with E-state index in [1.165, 1.54) is 12.4 Å². The molecule has 3 N–H and O–H groups in total. The van der Waals surface area contributed by atoms with Gasteiger partial charge in [0.1, 0.15) is 5.56 Å². The van der Waals surface area contributed by atoms with Crippen LogP contribution >= 0.6 is 0 Å². The fourth-order valence-electron chi connectivity index (χ4n) is 3.42. The zero-order valence-electron chi connectivity index (χ0n) is 15.7. The summed E-state index contributed by atoms with van der Waals surface area (Å²) in [6.45, 7) is 3.27. The van der Waals surface area contributed by atoms with E-state index >= 15 is 0 Å². The van der Waals surface area contributed by atoms with E-state index in [9.17, 15) is 14.7 Å². The van der Waals surface area contributed by atoms with Crippen molar-refractivity contribution in [2.24, 2.45) is 0 Å². The fourth-order valence-corrected chi connectivity index (χ4v) is 3.42. The van der Waals surface area contributed by atoms with Gasteiger partial charge in [-0.25, -0.2) is 4.79 Å². The second-order valence-electron chi connectivity index (χ2n) is 6.65. The highest BCUT2D eigenvalue weighted by molar-refractivity contribution is 5.94. The van der Waals surface area contributed by atoms with E-state index in [0.717, 1.165) is 29.6 Å². The van der Waals surface area contributed by atoms with Crippen molar-refractivity contribution in [3.8, 4) is 0 Å². The van der Waals surface area contributed by atoms with Gasteiger partial charge in [-0.05, 0) is 36.8 Å². The van der Waals surface area contributed by atoms with E-state index in [2.05, 4.69) is 5.32 Å². The smallest absolute Gasteiger partial charge is 0.341 e. The number of hydrogen-bond acceptors (Lipinski definition) is 6. The van der Waals surface area contributed by atoms with Crippen LogP contribution in [-0.4, -0.2) is 54.8 Å². The monoisotopic (exact) mass is 387 g/mol. The number of nitrogens with one attached hydrogen (secondary N) is 2. The topological polar surface area (TPSA) is 114 Å². The molecule has 0 spiro atoms. The molecule has 0 saturated carbocycles. The predicted molar refractivity (Wildman–Crippen MR) is 107 cm³/mol. The number of carboxylic acid groups (broad SMARTS) is 1. The highest BCUT2D eigenvalue weighted by Gasteiger charge is 2.19. The van der Waals surface area contributed by atoms with E-state index in [-0.39, 0.29) is 5.56 Å². The van der Waals surface area contributed by atoms with Gasteiger partial charge in [-0.3, -0.25) is 4.79 Å². The normalized spacial score (nSPS) is 12.9. The van der Waals surface area contributed by atoms with Crippen LogP contribution < -0.4 is 10.7 Å². The second-order valence-corrected chi connectivity index (χ2v) is 6.65. The number of carbonyl (C=O) groups is 1. The lowest BCUT2D eigenvalue weighted by molar-refractivity contribution is 0.0546. The first-order chi connectivity index (χ1) is 13.6.